The van der Waals surface area contributed by atoms with Gasteiger partial charge >= 0.3 is 0 Å². The number of hydrogen-bond acceptors (Lipinski definition) is 4. The zero-order valence-electron chi connectivity index (χ0n) is 7.87. The van der Waals surface area contributed by atoms with Crippen molar-refractivity contribution in [2.24, 2.45) is 5.73 Å². The van der Waals surface area contributed by atoms with Crippen molar-refractivity contribution in [3.8, 4) is 0 Å². The van der Waals surface area contributed by atoms with Crippen LogP contribution in [0.3, 0.4) is 0 Å². The van der Waals surface area contributed by atoms with Gasteiger partial charge < -0.3 is 5.73 Å². The third kappa shape index (κ3) is 1.74. The lowest BCUT2D eigenvalue weighted by molar-refractivity contribution is 0.538. The van der Waals surface area contributed by atoms with Gasteiger partial charge in [0.15, 0.2) is 0 Å². The van der Waals surface area contributed by atoms with E-state index in [0.29, 0.717) is 5.02 Å². The molecule has 4 N–H and O–H groups in total. The fourth-order valence-electron chi connectivity index (χ4n) is 1.74. The van der Waals surface area contributed by atoms with Crippen molar-refractivity contribution in [2.75, 3.05) is 0 Å². The number of nitrogens with one attached hydrogen (secondary N) is 2. The third-order valence-electron chi connectivity index (χ3n) is 2.50. The number of nitrogens with two attached hydrogens (primary N) is 1. The molecule has 1 aliphatic rings. The molecule has 14 heavy (non-hydrogen) atoms. The van der Waals surface area contributed by atoms with Crippen LogP contribution in [0.4, 0.5) is 0 Å². The summed E-state index contributed by atoms with van der Waals surface area (Å²) in [5.74, 6) is 0.187. The number of hydrazine groups is 1. The molecule has 0 spiro atoms. The Labute approximate surface area is 87.8 Å². The smallest absolute Gasteiger partial charge is 0.0779 e. The zero-order valence-corrected chi connectivity index (χ0v) is 8.62. The maximum atomic E-state index is 5.89. The highest BCUT2D eigenvalue weighted by Crippen LogP contribution is 2.23. The van der Waals surface area contributed by atoms with E-state index in [-0.39, 0.29) is 18.1 Å². The quantitative estimate of drug-likeness (QED) is 0.638. The Balaban J connectivity index is 2.25. The van der Waals surface area contributed by atoms with Crippen LogP contribution in [0.5, 0.6) is 0 Å². The first-order chi connectivity index (χ1) is 6.68. The molecule has 0 bridgehead atoms. The molecule has 76 valence electrons. The van der Waals surface area contributed by atoms with Gasteiger partial charge in [0.1, 0.15) is 0 Å². The van der Waals surface area contributed by atoms with Crippen LogP contribution in [0.25, 0.3) is 0 Å². The Hall–Kier alpha value is -0.680. The van der Waals surface area contributed by atoms with Crippen LogP contribution in [0.1, 0.15) is 18.5 Å². The Morgan fingerprint density at radius 3 is 2.71 bits per heavy atom. The van der Waals surface area contributed by atoms with Gasteiger partial charge in [0.05, 0.1) is 11.2 Å². The van der Waals surface area contributed by atoms with E-state index in [4.69, 9.17) is 17.3 Å². The number of aromatic nitrogens is 1. The minimum absolute atomic E-state index is 0.0984. The molecule has 1 saturated heterocycles. The molecule has 2 heterocycles. The van der Waals surface area contributed by atoms with Gasteiger partial charge in [0.25, 0.3) is 0 Å². The number of pyridine rings is 1. The lowest BCUT2D eigenvalue weighted by Gasteiger charge is -2.16. The standard InChI is InChI=1S/C9H13ClN4/c1-5-8(9(11)14-13-5)7-3-2-6(10)4-12-7/h2-5,8-9,13-14H,11H2,1H3. The molecule has 4 nitrogen and oxygen atoms in total. The molecule has 0 saturated carbocycles. The molecule has 0 radical (unpaired) electrons. The molecule has 1 aromatic rings. The Kier molecular flexibility index (Phi) is 2.69. The maximum Gasteiger partial charge on any atom is 0.0779 e. The van der Waals surface area contributed by atoms with Crippen molar-refractivity contribution in [1.29, 1.82) is 0 Å². The number of halogens is 1. The Morgan fingerprint density at radius 2 is 2.21 bits per heavy atom. The highest BCUT2D eigenvalue weighted by molar-refractivity contribution is 6.30. The third-order valence-corrected chi connectivity index (χ3v) is 2.72. The lowest BCUT2D eigenvalue weighted by atomic mass is 9.96. The summed E-state index contributed by atoms with van der Waals surface area (Å²) in [6, 6.07) is 4.03. The summed E-state index contributed by atoms with van der Waals surface area (Å²) in [7, 11) is 0. The van der Waals surface area contributed by atoms with E-state index in [2.05, 4.69) is 22.8 Å². The van der Waals surface area contributed by atoms with E-state index in [0.717, 1.165) is 5.69 Å². The second-order valence-corrected chi connectivity index (χ2v) is 3.97. The highest BCUT2D eigenvalue weighted by Gasteiger charge is 2.32. The van der Waals surface area contributed by atoms with Crippen LogP contribution in [0, 0.1) is 0 Å². The minimum Gasteiger partial charge on any atom is -0.314 e. The molecule has 0 amide bonds. The average molecular weight is 213 g/mol. The predicted molar refractivity (Wildman–Crippen MR) is 55.7 cm³/mol. The summed E-state index contributed by atoms with van der Waals surface area (Å²) in [5, 5.41) is 0.647. The van der Waals surface area contributed by atoms with Gasteiger partial charge in [-0.15, -0.1) is 0 Å². The molecular weight excluding hydrogens is 200 g/mol. The van der Waals surface area contributed by atoms with Crippen molar-refractivity contribution in [1.82, 2.24) is 15.8 Å². The fourth-order valence-corrected chi connectivity index (χ4v) is 1.85. The van der Waals surface area contributed by atoms with Crippen molar-refractivity contribution >= 4 is 11.6 Å². The van der Waals surface area contributed by atoms with Crippen LogP contribution in [-0.4, -0.2) is 17.2 Å². The predicted octanol–water partition coefficient (Wildman–Crippen LogP) is 0.600. The molecule has 1 aliphatic heterocycles. The summed E-state index contributed by atoms with van der Waals surface area (Å²) in [4.78, 5) is 4.27. The summed E-state index contributed by atoms with van der Waals surface area (Å²) >= 11 is 5.77. The molecule has 0 aromatic carbocycles. The van der Waals surface area contributed by atoms with Crippen LogP contribution in [-0.2, 0) is 0 Å². The fraction of sp³-hybridized carbons (Fsp3) is 0.444. The highest BCUT2D eigenvalue weighted by atomic mass is 35.5. The van der Waals surface area contributed by atoms with Gasteiger partial charge in [0, 0.05) is 23.9 Å². The topological polar surface area (TPSA) is 63.0 Å². The van der Waals surface area contributed by atoms with Gasteiger partial charge in [0.2, 0.25) is 0 Å². The normalized spacial score (nSPS) is 32.1. The van der Waals surface area contributed by atoms with Crippen molar-refractivity contribution in [2.45, 2.75) is 25.0 Å². The summed E-state index contributed by atoms with van der Waals surface area (Å²) in [6.45, 7) is 2.07. The average Bonchev–Trinajstić information content (AvgIpc) is 2.49. The monoisotopic (exact) mass is 212 g/mol. The van der Waals surface area contributed by atoms with Gasteiger partial charge in [-0.3, -0.25) is 10.4 Å². The number of hydrogen-bond donors (Lipinski definition) is 3. The molecule has 0 aliphatic carbocycles. The number of nitrogens with zero attached hydrogens (tertiary/aromatic N) is 1. The van der Waals surface area contributed by atoms with Gasteiger partial charge in [-0.1, -0.05) is 11.6 Å². The second-order valence-electron chi connectivity index (χ2n) is 3.53. The summed E-state index contributed by atoms with van der Waals surface area (Å²) < 4.78 is 0. The molecule has 1 aromatic heterocycles. The molecule has 3 unspecified atom stereocenters. The van der Waals surface area contributed by atoms with E-state index in [9.17, 15) is 0 Å². The minimum atomic E-state index is -0.0984. The van der Waals surface area contributed by atoms with Crippen molar-refractivity contribution < 1.29 is 0 Å². The largest absolute Gasteiger partial charge is 0.314 e. The van der Waals surface area contributed by atoms with Crippen LogP contribution >= 0.6 is 11.6 Å². The van der Waals surface area contributed by atoms with Gasteiger partial charge in [-0.25, -0.2) is 5.43 Å². The molecule has 1 fully saturated rings. The van der Waals surface area contributed by atoms with E-state index in [1.165, 1.54) is 0 Å². The zero-order chi connectivity index (χ0) is 10.1. The van der Waals surface area contributed by atoms with E-state index < -0.39 is 0 Å². The van der Waals surface area contributed by atoms with E-state index in [1.807, 2.05) is 12.1 Å². The van der Waals surface area contributed by atoms with Crippen LogP contribution in [0.15, 0.2) is 18.3 Å². The molecule has 2 rings (SSSR count). The SMILES string of the molecule is CC1NNC(N)C1c1ccc(Cl)cn1. The van der Waals surface area contributed by atoms with E-state index >= 15 is 0 Å². The Bertz CT molecular complexity index is 303. The summed E-state index contributed by atoms with van der Waals surface area (Å²) in [6.07, 6.45) is 1.55. The van der Waals surface area contributed by atoms with Crippen LogP contribution < -0.4 is 16.6 Å². The van der Waals surface area contributed by atoms with Crippen LogP contribution in [0.2, 0.25) is 5.02 Å². The number of rotatable bonds is 1. The first kappa shape index (κ1) is 9.86. The van der Waals surface area contributed by atoms with Crippen molar-refractivity contribution in [3.63, 3.8) is 0 Å². The lowest BCUT2D eigenvalue weighted by Crippen LogP contribution is -2.38. The van der Waals surface area contributed by atoms with E-state index in [1.54, 1.807) is 6.20 Å². The molecular formula is C9H13ClN4. The first-order valence-corrected chi connectivity index (χ1v) is 4.94. The summed E-state index contributed by atoms with van der Waals surface area (Å²) in [5.41, 5.74) is 12.9. The maximum absolute atomic E-state index is 5.89. The molecule has 3 atom stereocenters. The van der Waals surface area contributed by atoms with Crippen molar-refractivity contribution in [3.05, 3.63) is 29.0 Å². The van der Waals surface area contributed by atoms with Gasteiger partial charge in [-0.2, -0.15) is 0 Å². The van der Waals surface area contributed by atoms with Gasteiger partial charge in [-0.05, 0) is 19.1 Å². The second kappa shape index (κ2) is 3.82. The first-order valence-electron chi connectivity index (χ1n) is 4.56. The molecule has 5 heteroatoms. The Morgan fingerprint density at radius 1 is 1.43 bits per heavy atom.